The molecule has 180 valence electrons. The Bertz CT molecular complexity index is 875. The zero-order chi connectivity index (χ0) is 24.1. The van der Waals surface area contributed by atoms with Gasteiger partial charge in [-0.15, -0.1) is 0 Å². The smallest absolute Gasteiger partial charge is 0.307 e. The minimum Gasteiger partial charge on any atom is -0.497 e. The van der Waals surface area contributed by atoms with Crippen molar-refractivity contribution in [3.63, 3.8) is 0 Å². The molecule has 2 unspecified atom stereocenters. The quantitative estimate of drug-likeness (QED) is 0.316. The van der Waals surface area contributed by atoms with Gasteiger partial charge in [0.1, 0.15) is 30.9 Å². The molecule has 0 bridgehead atoms. The molecule has 2 aromatic rings. The zero-order valence-corrected chi connectivity index (χ0v) is 19.9. The van der Waals surface area contributed by atoms with E-state index in [2.05, 4.69) is 5.32 Å². The van der Waals surface area contributed by atoms with Crippen LogP contribution in [0.4, 0.5) is 0 Å². The minimum atomic E-state index is -0.479. The molecule has 0 saturated heterocycles. The molecule has 0 aliphatic heterocycles. The molecule has 0 fully saturated rings. The second kappa shape index (κ2) is 14.4. The van der Waals surface area contributed by atoms with E-state index in [0.29, 0.717) is 17.9 Å². The average molecular weight is 478 g/mol. The number of carbonyl (C=O) groups excluding carboxylic acids is 2. The fraction of sp³-hybridized carbons (Fsp3) is 0.417. The molecule has 0 aliphatic rings. The van der Waals surface area contributed by atoms with Crippen LogP contribution in [-0.4, -0.2) is 55.7 Å². The monoisotopic (exact) mass is 477 g/mol. The number of hydrogen-bond acceptors (Lipinski definition) is 8. The summed E-state index contributed by atoms with van der Waals surface area (Å²) in [7, 11) is 1.59. The minimum absolute atomic E-state index is 0.178. The normalized spacial score (nSPS) is 12.5. The molecular weight excluding hydrogens is 446 g/mol. The van der Waals surface area contributed by atoms with Gasteiger partial charge in [0.05, 0.1) is 12.4 Å². The highest BCUT2D eigenvalue weighted by atomic mass is 32.2. The van der Waals surface area contributed by atoms with E-state index in [4.69, 9.17) is 24.1 Å². The predicted molar refractivity (Wildman–Crippen MR) is 126 cm³/mol. The summed E-state index contributed by atoms with van der Waals surface area (Å²) >= 11 is 1.43. The van der Waals surface area contributed by atoms with Crippen LogP contribution in [0.5, 0.6) is 11.5 Å². The van der Waals surface area contributed by atoms with E-state index < -0.39 is 6.10 Å². The van der Waals surface area contributed by atoms with Crippen molar-refractivity contribution in [3.8, 4) is 11.5 Å². The van der Waals surface area contributed by atoms with E-state index in [1.807, 2.05) is 54.8 Å². The maximum atomic E-state index is 12.0. The van der Waals surface area contributed by atoms with Gasteiger partial charge >= 0.3 is 5.97 Å². The highest BCUT2D eigenvalue weighted by molar-refractivity contribution is 7.99. The van der Waals surface area contributed by atoms with Crippen LogP contribution in [0.2, 0.25) is 0 Å². The lowest BCUT2D eigenvalue weighted by atomic mass is 10.1. The van der Waals surface area contributed by atoms with Crippen LogP contribution in [0.3, 0.4) is 0 Å². The molecular formula is C24H31NO7S. The maximum absolute atomic E-state index is 12.0. The number of thioether (sulfide) groups is 1. The van der Waals surface area contributed by atoms with Crippen LogP contribution < -0.4 is 14.8 Å². The second-order valence-electron chi connectivity index (χ2n) is 7.00. The molecule has 1 amide bonds. The number of rotatable bonds is 14. The lowest BCUT2D eigenvalue weighted by Crippen LogP contribution is -2.34. The maximum Gasteiger partial charge on any atom is 0.307 e. The Morgan fingerprint density at radius 2 is 1.88 bits per heavy atom. The van der Waals surface area contributed by atoms with Crippen molar-refractivity contribution in [3.05, 3.63) is 59.7 Å². The van der Waals surface area contributed by atoms with E-state index in [-0.39, 0.29) is 43.7 Å². The SMILES string of the molecule is CCC(=O)OCOC(COc1ccc(CC(SC)C(=O)NCO)cc1)c1cccc(OC)c1. The molecule has 0 spiro atoms. The third kappa shape index (κ3) is 8.95. The molecule has 0 radical (unpaired) electrons. The summed E-state index contributed by atoms with van der Waals surface area (Å²) in [5.74, 6) is 0.783. The lowest BCUT2D eigenvalue weighted by Gasteiger charge is -2.20. The largest absolute Gasteiger partial charge is 0.497 e. The van der Waals surface area contributed by atoms with Gasteiger partial charge in [-0.05, 0) is 48.1 Å². The first-order chi connectivity index (χ1) is 16.0. The summed E-state index contributed by atoms with van der Waals surface area (Å²) in [5.41, 5.74) is 1.80. The topological polar surface area (TPSA) is 103 Å². The molecule has 2 rings (SSSR count). The van der Waals surface area contributed by atoms with Gasteiger partial charge in [-0.3, -0.25) is 9.59 Å². The van der Waals surface area contributed by atoms with Crippen LogP contribution in [0, 0.1) is 0 Å². The fourth-order valence-electron chi connectivity index (χ4n) is 2.95. The van der Waals surface area contributed by atoms with Gasteiger partial charge in [0, 0.05) is 6.42 Å². The summed E-state index contributed by atoms with van der Waals surface area (Å²) in [6.07, 6.45) is 2.18. The molecule has 0 aromatic heterocycles. The number of amides is 1. The fourth-order valence-corrected chi connectivity index (χ4v) is 3.61. The van der Waals surface area contributed by atoms with Gasteiger partial charge < -0.3 is 29.4 Å². The van der Waals surface area contributed by atoms with Gasteiger partial charge in [0.2, 0.25) is 5.91 Å². The van der Waals surface area contributed by atoms with Crippen LogP contribution in [0.1, 0.15) is 30.6 Å². The first-order valence-corrected chi connectivity index (χ1v) is 11.8. The Morgan fingerprint density at radius 1 is 1.12 bits per heavy atom. The molecule has 33 heavy (non-hydrogen) atoms. The summed E-state index contributed by atoms with van der Waals surface area (Å²) in [5, 5.41) is 11.0. The zero-order valence-electron chi connectivity index (χ0n) is 19.1. The third-order valence-corrected chi connectivity index (χ3v) is 5.77. The number of methoxy groups -OCH3 is 1. The number of aliphatic hydroxyl groups excluding tert-OH is 1. The number of ether oxygens (including phenoxy) is 4. The number of aliphatic hydroxyl groups is 1. The van der Waals surface area contributed by atoms with E-state index in [0.717, 1.165) is 11.1 Å². The first-order valence-electron chi connectivity index (χ1n) is 10.5. The second-order valence-corrected chi connectivity index (χ2v) is 8.04. The summed E-state index contributed by atoms with van der Waals surface area (Å²) in [6.45, 7) is 1.36. The van der Waals surface area contributed by atoms with Crippen molar-refractivity contribution in [1.82, 2.24) is 5.32 Å². The Morgan fingerprint density at radius 3 is 2.52 bits per heavy atom. The van der Waals surface area contributed by atoms with Crippen molar-refractivity contribution in [1.29, 1.82) is 0 Å². The average Bonchev–Trinajstić information content (AvgIpc) is 2.85. The van der Waals surface area contributed by atoms with Crippen LogP contribution in [-0.2, 0) is 25.5 Å². The van der Waals surface area contributed by atoms with Gasteiger partial charge in [-0.1, -0.05) is 31.2 Å². The van der Waals surface area contributed by atoms with Crippen molar-refractivity contribution in [2.75, 3.05) is 33.5 Å². The Labute approximate surface area is 198 Å². The van der Waals surface area contributed by atoms with Crippen LogP contribution >= 0.6 is 11.8 Å². The van der Waals surface area contributed by atoms with E-state index in [9.17, 15) is 9.59 Å². The molecule has 8 nitrogen and oxygen atoms in total. The summed E-state index contributed by atoms with van der Waals surface area (Å²) < 4.78 is 22.0. The molecule has 2 atom stereocenters. The highest BCUT2D eigenvalue weighted by Crippen LogP contribution is 2.24. The molecule has 0 heterocycles. The van der Waals surface area contributed by atoms with Crippen molar-refractivity contribution in [2.45, 2.75) is 31.1 Å². The Hall–Kier alpha value is -2.75. The van der Waals surface area contributed by atoms with Gasteiger partial charge in [0.25, 0.3) is 0 Å². The number of hydrogen-bond donors (Lipinski definition) is 2. The standard InChI is InChI=1S/C24H31NO7S/c1-4-23(27)32-16-31-21(18-6-5-7-20(13-18)29-2)14-30-19-10-8-17(9-11-19)12-22(33-3)24(28)25-15-26/h5-11,13,21-22,26H,4,12,14-16H2,1-3H3,(H,25,28). The lowest BCUT2D eigenvalue weighted by molar-refractivity contribution is -0.162. The number of benzene rings is 2. The predicted octanol–water partition coefficient (Wildman–Crippen LogP) is 3.08. The van der Waals surface area contributed by atoms with E-state index in [1.165, 1.54) is 11.8 Å². The molecule has 0 aliphatic carbocycles. The van der Waals surface area contributed by atoms with Gasteiger partial charge in [-0.2, -0.15) is 11.8 Å². The van der Waals surface area contributed by atoms with Crippen molar-refractivity contribution < 1.29 is 33.6 Å². The summed E-state index contributed by atoms with van der Waals surface area (Å²) in [4.78, 5) is 23.4. The van der Waals surface area contributed by atoms with Crippen molar-refractivity contribution >= 4 is 23.6 Å². The van der Waals surface area contributed by atoms with E-state index in [1.54, 1.807) is 14.0 Å². The molecule has 2 aromatic carbocycles. The van der Waals surface area contributed by atoms with Crippen molar-refractivity contribution in [2.24, 2.45) is 0 Å². The summed E-state index contributed by atoms with van der Waals surface area (Å²) in [6, 6.07) is 14.9. The van der Waals surface area contributed by atoms with E-state index >= 15 is 0 Å². The Balaban J connectivity index is 2.01. The van der Waals surface area contributed by atoms with Crippen LogP contribution in [0.15, 0.2) is 48.5 Å². The van der Waals surface area contributed by atoms with Gasteiger partial charge in [0.15, 0.2) is 6.79 Å². The van der Waals surface area contributed by atoms with Crippen LogP contribution in [0.25, 0.3) is 0 Å². The number of nitrogens with one attached hydrogen (secondary N) is 1. The highest BCUT2D eigenvalue weighted by Gasteiger charge is 2.18. The molecule has 9 heteroatoms. The molecule has 0 saturated carbocycles. The van der Waals surface area contributed by atoms with Gasteiger partial charge in [-0.25, -0.2) is 0 Å². The third-order valence-electron chi connectivity index (χ3n) is 4.82. The number of carbonyl (C=O) groups is 2. The molecule has 2 N–H and O–H groups in total. The first kappa shape index (κ1) is 26.5. The Kier molecular flexibility index (Phi) is 11.6. The number of esters is 1.